The van der Waals surface area contributed by atoms with Crippen molar-refractivity contribution >= 4 is 29.7 Å². The number of carboxylic acid groups (broad SMARTS) is 2. The molecule has 0 radical (unpaired) electrons. The molecular formula is C21H34N4O7. The summed E-state index contributed by atoms with van der Waals surface area (Å²) in [5.74, 6) is -3.98. The molecule has 5 atom stereocenters. The Labute approximate surface area is 187 Å². The molecular weight excluding hydrogens is 420 g/mol. The van der Waals surface area contributed by atoms with Gasteiger partial charge in [-0.25, -0.2) is 4.79 Å². The maximum atomic E-state index is 13.1. The molecule has 11 nitrogen and oxygen atoms in total. The largest absolute Gasteiger partial charge is 0.481 e. The van der Waals surface area contributed by atoms with E-state index in [0.717, 1.165) is 13.0 Å². The highest BCUT2D eigenvalue weighted by Crippen LogP contribution is 2.20. The summed E-state index contributed by atoms with van der Waals surface area (Å²) in [6, 6.07) is -3.46. The quantitative estimate of drug-likeness (QED) is 0.284. The van der Waals surface area contributed by atoms with Crippen LogP contribution in [0, 0.1) is 5.92 Å². The van der Waals surface area contributed by atoms with Gasteiger partial charge in [-0.15, -0.1) is 0 Å². The molecule has 2 rings (SSSR count). The van der Waals surface area contributed by atoms with Gasteiger partial charge in [0.1, 0.15) is 18.1 Å². The van der Waals surface area contributed by atoms with Crippen molar-refractivity contribution in [3.8, 4) is 0 Å². The van der Waals surface area contributed by atoms with E-state index in [1.807, 2.05) is 13.8 Å². The maximum absolute atomic E-state index is 13.1. The minimum atomic E-state index is -1.19. The standard InChI is InChI=1S/C21H34N4O7/c1-3-12(2)17(24-18(28)13-6-4-10-22-13)19(29)23-14(8-9-16(26)27)20(30)25-11-5-7-15(25)21(31)32/h12-15,17,22H,3-11H2,1-2H3,(H,23,29)(H,24,28)(H,26,27)(H,31,32). The number of amides is 3. The highest BCUT2D eigenvalue weighted by atomic mass is 16.4. The van der Waals surface area contributed by atoms with E-state index in [4.69, 9.17) is 5.11 Å². The molecule has 2 aliphatic heterocycles. The number of nitrogens with one attached hydrogen (secondary N) is 3. The number of nitrogens with zero attached hydrogens (tertiary/aromatic N) is 1. The summed E-state index contributed by atoms with van der Waals surface area (Å²) in [4.78, 5) is 62.5. The van der Waals surface area contributed by atoms with Gasteiger partial charge in [0.25, 0.3) is 0 Å². The van der Waals surface area contributed by atoms with E-state index in [1.165, 1.54) is 4.90 Å². The molecule has 180 valence electrons. The zero-order chi connectivity index (χ0) is 23.8. The highest BCUT2D eigenvalue weighted by Gasteiger charge is 2.39. The van der Waals surface area contributed by atoms with Gasteiger partial charge in [-0.3, -0.25) is 19.2 Å². The van der Waals surface area contributed by atoms with Crippen LogP contribution in [-0.2, 0) is 24.0 Å². The molecule has 0 aliphatic carbocycles. The van der Waals surface area contributed by atoms with Crippen molar-refractivity contribution in [3.63, 3.8) is 0 Å². The third-order valence-corrected chi connectivity index (χ3v) is 6.25. The summed E-state index contributed by atoms with van der Waals surface area (Å²) in [5, 5.41) is 26.9. The van der Waals surface area contributed by atoms with E-state index in [0.29, 0.717) is 25.7 Å². The zero-order valence-electron chi connectivity index (χ0n) is 18.6. The first-order valence-electron chi connectivity index (χ1n) is 11.2. The fraction of sp³-hybridized carbons (Fsp3) is 0.762. The Morgan fingerprint density at radius 2 is 1.81 bits per heavy atom. The van der Waals surface area contributed by atoms with E-state index in [2.05, 4.69) is 16.0 Å². The molecule has 2 heterocycles. The van der Waals surface area contributed by atoms with Crippen molar-refractivity contribution in [2.24, 2.45) is 5.92 Å². The minimum Gasteiger partial charge on any atom is -0.481 e. The summed E-state index contributed by atoms with van der Waals surface area (Å²) in [5.41, 5.74) is 0. The van der Waals surface area contributed by atoms with Gasteiger partial charge in [0.15, 0.2) is 0 Å². The summed E-state index contributed by atoms with van der Waals surface area (Å²) < 4.78 is 0. The van der Waals surface area contributed by atoms with E-state index in [9.17, 15) is 29.1 Å². The summed E-state index contributed by atoms with van der Waals surface area (Å²) >= 11 is 0. The highest BCUT2D eigenvalue weighted by molar-refractivity contribution is 5.94. The number of hydrogen-bond donors (Lipinski definition) is 5. The molecule has 0 aromatic carbocycles. The van der Waals surface area contributed by atoms with Crippen molar-refractivity contribution in [1.29, 1.82) is 0 Å². The van der Waals surface area contributed by atoms with Gasteiger partial charge in [-0.2, -0.15) is 0 Å². The van der Waals surface area contributed by atoms with Crippen molar-refractivity contribution in [3.05, 3.63) is 0 Å². The van der Waals surface area contributed by atoms with Gasteiger partial charge in [0, 0.05) is 13.0 Å². The number of aliphatic carboxylic acids is 2. The lowest BCUT2D eigenvalue weighted by Crippen LogP contribution is -2.58. The van der Waals surface area contributed by atoms with E-state index < -0.39 is 41.9 Å². The van der Waals surface area contributed by atoms with Crippen molar-refractivity contribution < 1.29 is 34.2 Å². The Morgan fingerprint density at radius 3 is 2.38 bits per heavy atom. The molecule has 0 bridgehead atoms. The van der Waals surface area contributed by atoms with Crippen LogP contribution in [-0.4, -0.2) is 82.0 Å². The first kappa shape index (κ1) is 25.6. The summed E-state index contributed by atoms with van der Waals surface area (Å²) in [6.45, 7) is 4.64. The molecule has 3 amide bonds. The monoisotopic (exact) mass is 454 g/mol. The fourth-order valence-electron chi connectivity index (χ4n) is 4.14. The van der Waals surface area contributed by atoms with E-state index in [-0.39, 0.29) is 37.3 Å². The lowest BCUT2D eigenvalue weighted by Gasteiger charge is -2.30. The third kappa shape index (κ3) is 6.65. The Hall–Kier alpha value is -2.69. The van der Waals surface area contributed by atoms with Crippen LogP contribution in [0.15, 0.2) is 0 Å². The van der Waals surface area contributed by atoms with Gasteiger partial charge >= 0.3 is 11.9 Å². The van der Waals surface area contributed by atoms with Crippen molar-refractivity contribution in [2.75, 3.05) is 13.1 Å². The number of carbonyl (C=O) groups is 5. The Morgan fingerprint density at radius 1 is 1.09 bits per heavy atom. The van der Waals surface area contributed by atoms with Crippen LogP contribution < -0.4 is 16.0 Å². The van der Waals surface area contributed by atoms with E-state index >= 15 is 0 Å². The van der Waals surface area contributed by atoms with Gasteiger partial charge in [-0.05, 0) is 44.6 Å². The molecule has 2 saturated heterocycles. The first-order chi connectivity index (χ1) is 15.1. The van der Waals surface area contributed by atoms with Gasteiger partial charge < -0.3 is 31.1 Å². The number of carbonyl (C=O) groups excluding carboxylic acids is 3. The molecule has 5 N–H and O–H groups in total. The topological polar surface area (TPSA) is 165 Å². The number of carboxylic acids is 2. The second kappa shape index (κ2) is 11.8. The van der Waals surface area contributed by atoms with Crippen LogP contribution in [0.1, 0.15) is 58.8 Å². The fourth-order valence-corrected chi connectivity index (χ4v) is 4.14. The van der Waals surface area contributed by atoms with Crippen LogP contribution in [0.25, 0.3) is 0 Å². The second-order valence-corrected chi connectivity index (χ2v) is 8.54. The van der Waals surface area contributed by atoms with Gasteiger partial charge in [0.05, 0.1) is 6.04 Å². The Balaban J connectivity index is 2.15. The second-order valence-electron chi connectivity index (χ2n) is 8.54. The molecule has 32 heavy (non-hydrogen) atoms. The maximum Gasteiger partial charge on any atom is 0.326 e. The molecule has 11 heteroatoms. The third-order valence-electron chi connectivity index (χ3n) is 6.25. The average molecular weight is 455 g/mol. The van der Waals surface area contributed by atoms with Crippen LogP contribution >= 0.6 is 0 Å². The Bertz CT molecular complexity index is 723. The lowest BCUT2D eigenvalue weighted by molar-refractivity contribution is -0.150. The minimum absolute atomic E-state index is 0.173. The van der Waals surface area contributed by atoms with Crippen LogP contribution in [0.2, 0.25) is 0 Å². The Kier molecular flexibility index (Phi) is 9.42. The molecule has 5 unspecified atom stereocenters. The molecule has 0 spiro atoms. The zero-order valence-corrected chi connectivity index (χ0v) is 18.6. The SMILES string of the molecule is CCC(C)C(NC(=O)C1CCCN1)C(=O)NC(CCC(=O)O)C(=O)N1CCCC1C(=O)O. The van der Waals surface area contributed by atoms with Crippen molar-refractivity contribution in [1.82, 2.24) is 20.9 Å². The van der Waals surface area contributed by atoms with Gasteiger partial charge in [-0.1, -0.05) is 20.3 Å². The summed E-state index contributed by atoms with van der Waals surface area (Å²) in [6.07, 6.45) is 2.42. The molecule has 0 aromatic heterocycles. The molecule has 0 saturated carbocycles. The molecule has 0 aromatic rings. The number of rotatable bonds is 11. The molecule has 2 aliphatic rings. The number of likely N-dealkylation sites (tertiary alicyclic amines) is 1. The number of hydrogen-bond acceptors (Lipinski definition) is 6. The van der Waals surface area contributed by atoms with Crippen LogP contribution in [0.4, 0.5) is 0 Å². The predicted octanol–water partition coefficient (Wildman–Crippen LogP) is -0.305. The van der Waals surface area contributed by atoms with Crippen LogP contribution in [0.3, 0.4) is 0 Å². The smallest absolute Gasteiger partial charge is 0.326 e. The average Bonchev–Trinajstić information content (AvgIpc) is 3.45. The normalized spacial score (nSPS) is 23.2. The van der Waals surface area contributed by atoms with Crippen LogP contribution in [0.5, 0.6) is 0 Å². The molecule has 2 fully saturated rings. The predicted molar refractivity (Wildman–Crippen MR) is 114 cm³/mol. The summed E-state index contributed by atoms with van der Waals surface area (Å²) in [7, 11) is 0. The first-order valence-corrected chi connectivity index (χ1v) is 11.2. The van der Waals surface area contributed by atoms with Gasteiger partial charge in [0.2, 0.25) is 17.7 Å². The van der Waals surface area contributed by atoms with Crippen molar-refractivity contribution in [2.45, 2.75) is 83.0 Å². The van der Waals surface area contributed by atoms with E-state index in [1.54, 1.807) is 0 Å². The lowest BCUT2D eigenvalue weighted by atomic mass is 9.97.